The second-order valence-corrected chi connectivity index (χ2v) is 4.74. The molecular formula is C12H16N6O3. The molecule has 0 radical (unpaired) electrons. The molecule has 1 aromatic rings. The summed E-state index contributed by atoms with van der Waals surface area (Å²) < 4.78 is 1.36. The van der Waals surface area contributed by atoms with Crippen LogP contribution in [0.2, 0.25) is 0 Å². The molecule has 112 valence electrons. The summed E-state index contributed by atoms with van der Waals surface area (Å²) in [5.74, 6) is -1.14. The number of carbonyl (C=O) groups is 2. The average molecular weight is 292 g/mol. The molecule has 0 bridgehead atoms. The Kier molecular flexibility index (Phi) is 4.71. The molecule has 1 heterocycles. The molecule has 0 aromatic carbocycles. The summed E-state index contributed by atoms with van der Waals surface area (Å²) in [7, 11) is 0. The summed E-state index contributed by atoms with van der Waals surface area (Å²) in [5.41, 5.74) is -0.130. The zero-order valence-corrected chi connectivity index (χ0v) is 11.4. The van der Waals surface area contributed by atoms with Crippen LogP contribution in [0.15, 0.2) is 6.20 Å². The van der Waals surface area contributed by atoms with E-state index < -0.39 is 5.97 Å². The van der Waals surface area contributed by atoms with E-state index in [2.05, 4.69) is 15.6 Å². The molecule has 2 N–H and O–H groups in total. The van der Waals surface area contributed by atoms with E-state index in [9.17, 15) is 9.59 Å². The second kappa shape index (κ2) is 6.69. The summed E-state index contributed by atoms with van der Waals surface area (Å²) in [6.45, 7) is 1.08. The molecule has 1 aliphatic carbocycles. The quantitative estimate of drug-likeness (QED) is 0.732. The minimum Gasteiger partial charge on any atom is -0.476 e. The Hall–Kier alpha value is -2.63. The van der Waals surface area contributed by atoms with Gasteiger partial charge < -0.3 is 15.3 Å². The molecule has 2 rings (SSSR count). The van der Waals surface area contributed by atoms with Gasteiger partial charge >= 0.3 is 12.0 Å². The molecule has 0 atom stereocenters. The monoisotopic (exact) mass is 292 g/mol. The van der Waals surface area contributed by atoms with Gasteiger partial charge in [-0.15, -0.1) is 5.10 Å². The summed E-state index contributed by atoms with van der Waals surface area (Å²) in [5, 5.41) is 27.2. The van der Waals surface area contributed by atoms with Crippen molar-refractivity contribution < 1.29 is 14.7 Å². The first-order chi connectivity index (χ1) is 10.1. The Labute approximate surface area is 121 Å². The van der Waals surface area contributed by atoms with Gasteiger partial charge in [0.2, 0.25) is 0 Å². The Bertz CT molecular complexity index is 560. The molecule has 1 fully saturated rings. The fourth-order valence-corrected chi connectivity index (χ4v) is 1.89. The standard InChI is InChI=1S/C12H16N6O3/c13-4-1-6-18(9-2-3-9)12(21)14-5-7-17-8-10(11(19)20)15-16-17/h8-9H,1-3,5-7H2,(H,14,21)(H,19,20). The third kappa shape index (κ3) is 4.17. The predicted molar refractivity (Wildman–Crippen MR) is 70.3 cm³/mol. The number of nitriles is 1. The third-order valence-electron chi connectivity index (χ3n) is 3.09. The van der Waals surface area contributed by atoms with Crippen LogP contribution >= 0.6 is 0 Å². The molecule has 0 unspecified atom stereocenters. The molecule has 2 amide bonds. The Balaban J connectivity index is 1.77. The predicted octanol–water partition coefficient (Wildman–Crippen LogP) is 0.0640. The molecular weight excluding hydrogens is 276 g/mol. The van der Waals surface area contributed by atoms with Gasteiger partial charge in [-0.05, 0) is 12.8 Å². The molecule has 9 nitrogen and oxygen atoms in total. The lowest BCUT2D eigenvalue weighted by Crippen LogP contribution is -2.42. The van der Waals surface area contributed by atoms with Gasteiger partial charge in [0.05, 0.1) is 25.2 Å². The fourth-order valence-electron chi connectivity index (χ4n) is 1.89. The SMILES string of the molecule is N#CCCN(C(=O)NCCn1cc(C(=O)O)nn1)C1CC1. The normalized spacial score (nSPS) is 13.5. The number of hydrogen-bond acceptors (Lipinski definition) is 5. The van der Waals surface area contributed by atoms with Gasteiger partial charge in [0, 0.05) is 19.1 Å². The van der Waals surface area contributed by atoms with Crippen LogP contribution in [0.25, 0.3) is 0 Å². The highest BCUT2D eigenvalue weighted by molar-refractivity contribution is 5.84. The van der Waals surface area contributed by atoms with Crippen LogP contribution in [0, 0.1) is 11.3 Å². The van der Waals surface area contributed by atoms with Crippen LogP contribution in [0.5, 0.6) is 0 Å². The first-order valence-electron chi connectivity index (χ1n) is 6.66. The van der Waals surface area contributed by atoms with Gasteiger partial charge in [-0.3, -0.25) is 0 Å². The van der Waals surface area contributed by atoms with Crippen molar-refractivity contribution in [3.05, 3.63) is 11.9 Å². The van der Waals surface area contributed by atoms with Gasteiger partial charge in [-0.25, -0.2) is 14.3 Å². The van der Waals surface area contributed by atoms with Crippen molar-refractivity contribution in [1.82, 2.24) is 25.2 Å². The van der Waals surface area contributed by atoms with Gasteiger partial charge in [0.15, 0.2) is 5.69 Å². The van der Waals surface area contributed by atoms with Crippen molar-refractivity contribution in [2.24, 2.45) is 0 Å². The van der Waals surface area contributed by atoms with E-state index in [1.807, 2.05) is 6.07 Å². The second-order valence-electron chi connectivity index (χ2n) is 4.74. The maximum Gasteiger partial charge on any atom is 0.358 e. The Morgan fingerprint density at radius 1 is 1.57 bits per heavy atom. The van der Waals surface area contributed by atoms with Crippen LogP contribution in [0.3, 0.4) is 0 Å². The lowest BCUT2D eigenvalue weighted by molar-refractivity contribution is 0.0690. The van der Waals surface area contributed by atoms with Gasteiger partial charge in [0.1, 0.15) is 0 Å². The molecule has 9 heteroatoms. The smallest absolute Gasteiger partial charge is 0.358 e. The topological polar surface area (TPSA) is 124 Å². The molecule has 1 aliphatic rings. The van der Waals surface area contributed by atoms with Crippen molar-refractivity contribution in [1.29, 1.82) is 5.26 Å². The van der Waals surface area contributed by atoms with E-state index in [-0.39, 0.29) is 17.8 Å². The van der Waals surface area contributed by atoms with Crippen molar-refractivity contribution in [3.8, 4) is 6.07 Å². The number of carbonyl (C=O) groups excluding carboxylic acids is 1. The number of carboxylic acids is 1. The van der Waals surface area contributed by atoms with E-state index in [1.165, 1.54) is 10.9 Å². The number of hydrogen-bond donors (Lipinski definition) is 2. The van der Waals surface area contributed by atoms with E-state index >= 15 is 0 Å². The highest BCUT2D eigenvalue weighted by Crippen LogP contribution is 2.26. The number of amides is 2. The molecule has 1 aromatic heterocycles. The van der Waals surface area contributed by atoms with Crippen LogP contribution < -0.4 is 5.32 Å². The fraction of sp³-hybridized carbons (Fsp3) is 0.583. The Morgan fingerprint density at radius 3 is 2.90 bits per heavy atom. The molecule has 21 heavy (non-hydrogen) atoms. The zero-order chi connectivity index (χ0) is 15.2. The summed E-state index contributed by atoms with van der Waals surface area (Å²) in [4.78, 5) is 24.3. The number of urea groups is 1. The van der Waals surface area contributed by atoms with Crippen molar-refractivity contribution in [2.45, 2.75) is 31.8 Å². The molecule has 1 saturated carbocycles. The lowest BCUT2D eigenvalue weighted by atomic mass is 10.4. The summed E-state index contributed by atoms with van der Waals surface area (Å²) >= 11 is 0. The van der Waals surface area contributed by atoms with Crippen LogP contribution in [0.1, 0.15) is 29.8 Å². The average Bonchev–Trinajstić information content (AvgIpc) is 3.17. The number of nitrogens with one attached hydrogen (secondary N) is 1. The molecule has 0 aliphatic heterocycles. The van der Waals surface area contributed by atoms with E-state index in [0.717, 1.165) is 12.8 Å². The first kappa shape index (κ1) is 14.8. The number of rotatable bonds is 7. The van der Waals surface area contributed by atoms with Gasteiger partial charge in [0.25, 0.3) is 0 Å². The number of nitrogens with zero attached hydrogens (tertiary/aromatic N) is 5. The maximum atomic E-state index is 12.0. The summed E-state index contributed by atoms with van der Waals surface area (Å²) in [6.07, 6.45) is 3.57. The third-order valence-corrected chi connectivity index (χ3v) is 3.09. The highest BCUT2D eigenvalue weighted by atomic mass is 16.4. The molecule has 0 spiro atoms. The van der Waals surface area contributed by atoms with Crippen molar-refractivity contribution >= 4 is 12.0 Å². The van der Waals surface area contributed by atoms with Crippen molar-refractivity contribution in [3.63, 3.8) is 0 Å². The number of aromatic carboxylic acids is 1. The van der Waals surface area contributed by atoms with E-state index in [0.29, 0.717) is 26.1 Å². The zero-order valence-electron chi connectivity index (χ0n) is 11.4. The van der Waals surface area contributed by atoms with Gasteiger partial charge in [-0.1, -0.05) is 5.21 Å². The lowest BCUT2D eigenvalue weighted by Gasteiger charge is -2.21. The number of carboxylic acid groups (broad SMARTS) is 1. The van der Waals surface area contributed by atoms with Crippen molar-refractivity contribution in [2.75, 3.05) is 13.1 Å². The minimum absolute atomic E-state index is 0.130. The number of aromatic nitrogens is 3. The maximum absolute atomic E-state index is 12.0. The molecule has 0 saturated heterocycles. The van der Waals surface area contributed by atoms with Crippen LogP contribution in [-0.2, 0) is 6.54 Å². The van der Waals surface area contributed by atoms with Crippen LogP contribution in [-0.4, -0.2) is 56.1 Å². The first-order valence-corrected chi connectivity index (χ1v) is 6.66. The van der Waals surface area contributed by atoms with Gasteiger partial charge in [-0.2, -0.15) is 5.26 Å². The van der Waals surface area contributed by atoms with E-state index in [1.54, 1.807) is 4.90 Å². The van der Waals surface area contributed by atoms with E-state index in [4.69, 9.17) is 10.4 Å². The summed E-state index contributed by atoms with van der Waals surface area (Å²) in [6, 6.07) is 2.07. The largest absolute Gasteiger partial charge is 0.476 e. The minimum atomic E-state index is -1.14. The highest BCUT2D eigenvalue weighted by Gasteiger charge is 2.31. The Morgan fingerprint density at radius 2 is 2.33 bits per heavy atom. The van der Waals surface area contributed by atoms with Crippen LogP contribution in [0.4, 0.5) is 4.79 Å².